The first-order valence-corrected chi connectivity index (χ1v) is 12.6. The molecule has 0 aliphatic rings. The van der Waals surface area contributed by atoms with Crippen LogP contribution in [0.25, 0.3) is 10.2 Å². The second-order valence-corrected chi connectivity index (χ2v) is 10.1. The number of rotatable bonds is 6. The number of amides is 1. The van der Waals surface area contributed by atoms with Gasteiger partial charge in [0.25, 0.3) is 15.9 Å². The van der Waals surface area contributed by atoms with Crippen molar-refractivity contribution in [3.63, 3.8) is 0 Å². The molecule has 0 atom stereocenters. The Bertz CT molecular complexity index is 1600. The number of nitrogens with zero attached hydrogens (tertiary/aromatic N) is 2. The second-order valence-electron chi connectivity index (χ2n) is 7.39. The molecule has 1 N–H and O–H groups in total. The monoisotopic (exact) mass is 493 g/mol. The summed E-state index contributed by atoms with van der Waals surface area (Å²) >= 11 is 1.37. The Morgan fingerprint density at radius 3 is 2.62 bits per heavy atom. The van der Waals surface area contributed by atoms with E-state index in [-0.39, 0.29) is 22.7 Å². The van der Waals surface area contributed by atoms with Gasteiger partial charge in [-0.05, 0) is 66.6 Å². The molecule has 0 saturated carbocycles. The highest BCUT2D eigenvalue weighted by atomic mass is 32.2. The van der Waals surface area contributed by atoms with Gasteiger partial charge in [-0.25, -0.2) is 12.8 Å². The number of hydrogen-bond donors (Lipinski definition) is 1. The first kappa shape index (κ1) is 23.4. The predicted octanol–water partition coefficient (Wildman–Crippen LogP) is 4.58. The van der Waals surface area contributed by atoms with E-state index in [1.54, 1.807) is 16.7 Å². The molecule has 4 rings (SSSR count). The minimum atomic E-state index is -3.95. The third-order valence-corrected chi connectivity index (χ3v) is 7.53. The summed E-state index contributed by atoms with van der Waals surface area (Å²) in [5, 5.41) is 0. The van der Waals surface area contributed by atoms with Crippen LogP contribution in [-0.2, 0) is 23.0 Å². The summed E-state index contributed by atoms with van der Waals surface area (Å²) in [5.41, 5.74) is 2.46. The van der Waals surface area contributed by atoms with Crippen LogP contribution >= 0.6 is 11.3 Å². The molecule has 3 aromatic carbocycles. The van der Waals surface area contributed by atoms with Crippen LogP contribution in [-0.4, -0.2) is 18.9 Å². The molecular formula is C25H20FN3O3S2. The lowest BCUT2D eigenvalue weighted by molar-refractivity contribution is 0.0998. The Kier molecular flexibility index (Phi) is 6.63. The summed E-state index contributed by atoms with van der Waals surface area (Å²) in [6.07, 6.45) is 6.42. The van der Waals surface area contributed by atoms with Crippen molar-refractivity contribution in [3.8, 4) is 12.3 Å². The quantitative estimate of drug-likeness (QED) is 0.399. The van der Waals surface area contributed by atoms with Crippen molar-refractivity contribution in [2.45, 2.75) is 24.8 Å². The number of fused-ring (bicyclic) bond motifs is 1. The molecule has 0 radical (unpaired) electrons. The van der Waals surface area contributed by atoms with Crippen LogP contribution in [0.15, 0.2) is 76.6 Å². The van der Waals surface area contributed by atoms with Gasteiger partial charge in [0.2, 0.25) is 0 Å². The van der Waals surface area contributed by atoms with Gasteiger partial charge < -0.3 is 4.57 Å². The molecule has 0 bridgehead atoms. The van der Waals surface area contributed by atoms with Crippen molar-refractivity contribution < 1.29 is 17.6 Å². The lowest BCUT2D eigenvalue weighted by Crippen LogP contribution is -2.17. The predicted molar refractivity (Wildman–Crippen MR) is 132 cm³/mol. The first-order chi connectivity index (χ1) is 16.3. The van der Waals surface area contributed by atoms with Crippen LogP contribution in [0.4, 0.5) is 10.1 Å². The van der Waals surface area contributed by atoms with Crippen LogP contribution in [0.3, 0.4) is 0 Å². The summed E-state index contributed by atoms with van der Waals surface area (Å²) in [7, 11) is -3.95. The molecule has 172 valence electrons. The van der Waals surface area contributed by atoms with Crippen LogP contribution < -0.4 is 9.52 Å². The maximum atomic E-state index is 13.1. The molecule has 0 fully saturated rings. The molecule has 1 amide bonds. The van der Waals surface area contributed by atoms with Crippen LogP contribution in [0.1, 0.15) is 22.8 Å². The SMILES string of the molecule is C#CCn1c(=NC(=O)c2cccc(NS(=O)(=O)c3ccc(F)cc3)c2)sc2cc(CC)ccc21. The number of thiazole rings is 1. The van der Waals surface area contributed by atoms with Crippen molar-refractivity contribution in [1.82, 2.24) is 4.57 Å². The Morgan fingerprint density at radius 1 is 1.15 bits per heavy atom. The normalized spacial score (nSPS) is 12.0. The largest absolute Gasteiger partial charge is 0.305 e. The van der Waals surface area contributed by atoms with Gasteiger partial charge in [0.1, 0.15) is 5.82 Å². The second kappa shape index (κ2) is 9.63. The number of anilines is 1. The van der Waals surface area contributed by atoms with Gasteiger partial charge in [-0.2, -0.15) is 4.99 Å². The summed E-state index contributed by atoms with van der Waals surface area (Å²) in [6, 6.07) is 16.5. The zero-order chi connectivity index (χ0) is 24.3. The zero-order valence-electron chi connectivity index (χ0n) is 18.2. The average Bonchev–Trinajstić information content (AvgIpc) is 3.15. The Balaban J connectivity index is 1.67. The van der Waals surface area contributed by atoms with Crippen LogP contribution in [0, 0.1) is 18.2 Å². The van der Waals surface area contributed by atoms with E-state index >= 15 is 0 Å². The number of benzene rings is 3. The highest BCUT2D eigenvalue weighted by Crippen LogP contribution is 2.21. The number of halogens is 1. The Morgan fingerprint density at radius 2 is 1.91 bits per heavy atom. The van der Waals surface area contributed by atoms with Crippen molar-refractivity contribution in [2.75, 3.05) is 4.72 Å². The first-order valence-electron chi connectivity index (χ1n) is 10.3. The van der Waals surface area contributed by atoms with Crippen LogP contribution in [0.2, 0.25) is 0 Å². The summed E-state index contributed by atoms with van der Waals surface area (Å²) in [4.78, 5) is 17.6. The molecule has 4 aromatic rings. The number of aryl methyl sites for hydroxylation is 1. The Labute approximate surface area is 200 Å². The minimum Gasteiger partial charge on any atom is -0.305 e. The summed E-state index contributed by atoms with van der Waals surface area (Å²) in [5.74, 6) is 1.53. The number of hydrogen-bond acceptors (Lipinski definition) is 4. The Hall–Kier alpha value is -3.74. The maximum absolute atomic E-state index is 13.1. The molecular weight excluding hydrogens is 473 g/mol. The zero-order valence-corrected chi connectivity index (χ0v) is 19.8. The molecule has 0 aliphatic carbocycles. The number of carbonyl (C=O) groups excluding carboxylic acids is 1. The van der Waals surface area contributed by atoms with Crippen molar-refractivity contribution in [2.24, 2.45) is 4.99 Å². The number of nitrogens with one attached hydrogen (secondary N) is 1. The molecule has 0 unspecified atom stereocenters. The van der Waals surface area contributed by atoms with E-state index in [2.05, 4.69) is 28.6 Å². The third-order valence-electron chi connectivity index (χ3n) is 5.09. The topological polar surface area (TPSA) is 80.5 Å². The van der Waals surface area contributed by atoms with E-state index in [0.29, 0.717) is 4.80 Å². The minimum absolute atomic E-state index is 0.0950. The van der Waals surface area contributed by atoms with Gasteiger partial charge >= 0.3 is 0 Å². The van der Waals surface area contributed by atoms with E-state index in [0.717, 1.165) is 40.9 Å². The fourth-order valence-corrected chi connectivity index (χ4v) is 5.50. The van der Waals surface area contributed by atoms with Crippen LogP contribution in [0.5, 0.6) is 0 Å². The van der Waals surface area contributed by atoms with Gasteiger partial charge in [0, 0.05) is 11.3 Å². The van der Waals surface area contributed by atoms with Gasteiger partial charge in [-0.1, -0.05) is 36.3 Å². The van der Waals surface area contributed by atoms with Gasteiger partial charge in [-0.3, -0.25) is 9.52 Å². The molecule has 6 nitrogen and oxygen atoms in total. The standard InChI is InChI=1S/C25H20FN3O3S2/c1-3-14-29-22-13-8-17(4-2)15-23(22)33-25(29)27-24(30)18-6-5-7-20(16-18)28-34(31,32)21-11-9-19(26)10-12-21/h1,5-13,15-16,28H,4,14H2,2H3. The summed E-state index contributed by atoms with van der Waals surface area (Å²) in [6.45, 7) is 2.32. The number of carbonyl (C=O) groups is 1. The average molecular weight is 494 g/mol. The third kappa shape index (κ3) is 4.93. The molecule has 1 heterocycles. The smallest absolute Gasteiger partial charge is 0.279 e. The van der Waals surface area contributed by atoms with E-state index in [1.807, 2.05) is 12.1 Å². The van der Waals surface area contributed by atoms with E-state index < -0.39 is 21.7 Å². The van der Waals surface area contributed by atoms with Crippen molar-refractivity contribution in [1.29, 1.82) is 0 Å². The van der Waals surface area contributed by atoms with Crippen molar-refractivity contribution >= 4 is 43.2 Å². The number of terminal acetylenes is 1. The highest BCUT2D eigenvalue weighted by Gasteiger charge is 2.16. The highest BCUT2D eigenvalue weighted by molar-refractivity contribution is 7.92. The fourth-order valence-electron chi connectivity index (χ4n) is 3.36. The molecule has 0 spiro atoms. The van der Waals surface area contributed by atoms with E-state index in [1.165, 1.54) is 29.0 Å². The van der Waals surface area contributed by atoms with Crippen molar-refractivity contribution in [3.05, 3.63) is 88.5 Å². The molecule has 0 saturated heterocycles. The van der Waals surface area contributed by atoms with E-state index in [4.69, 9.17) is 6.42 Å². The number of sulfonamides is 1. The molecule has 34 heavy (non-hydrogen) atoms. The lowest BCUT2D eigenvalue weighted by atomic mass is 10.2. The maximum Gasteiger partial charge on any atom is 0.279 e. The molecule has 9 heteroatoms. The lowest BCUT2D eigenvalue weighted by Gasteiger charge is -2.08. The molecule has 0 aliphatic heterocycles. The van der Waals surface area contributed by atoms with Gasteiger partial charge in [0.15, 0.2) is 4.80 Å². The van der Waals surface area contributed by atoms with Gasteiger partial charge in [0.05, 0.1) is 21.7 Å². The molecule has 1 aromatic heterocycles. The van der Waals surface area contributed by atoms with Gasteiger partial charge in [-0.15, -0.1) is 6.42 Å². The summed E-state index contributed by atoms with van der Waals surface area (Å²) < 4.78 is 43.5. The van der Waals surface area contributed by atoms with E-state index in [9.17, 15) is 17.6 Å². The fraction of sp³-hybridized carbons (Fsp3) is 0.120. The number of aromatic nitrogens is 1.